The number of anilines is 1. The van der Waals surface area contributed by atoms with E-state index in [4.69, 9.17) is 0 Å². The van der Waals surface area contributed by atoms with E-state index in [0.717, 1.165) is 29.0 Å². The molecule has 1 aliphatic rings. The molecule has 5 nitrogen and oxygen atoms in total. The first-order valence-corrected chi connectivity index (χ1v) is 9.08. The van der Waals surface area contributed by atoms with Crippen molar-refractivity contribution in [1.29, 1.82) is 0 Å². The summed E-state index contributed by atoms with van der Waals surface area (Å²) in [6, 6.07) is 4.55. The second-order valence-electron chi connectivity index (χ2n) is 6.25. The number of likely N-dealkylation sites (tertiary alicyclic amines) is 1. The molecule has 120 valence electrons. The molecule has 0 unspecified atom stereocenters. The Hall–Kier alpha value is -1.27. The molecular formula is C16H25N5S. The Morgan fingerprint density at radius 1 is 1.41 bits per heavy atom. The van der Waals surface area contributed by atoms with E-state index >= 15 is 0 Å². The van der Waals surface area contributed by atoms with E-state index in [1.807, 2.05) is 41.5 Å². The van der Waals surface area contributed by atoms with E-state index in [0.29, 0.717) is 6.04 Å². The molecule has 0 amide bonds. The fourth-order valence-corrected chi connectivity index (χ4v) is 3.69. The lowest BCUT2D eigenvalue weighted by molar-refractivity contribution is 0.358. The highest BCUT2D eigenvalue weighted by Crippen LogP contribution is 2.16. The quantitative estimate of drug-likeness (QED) is 0.887. The number of nitrogens with one attached hydrogen (secondary N) is 1. The topological polar surface area (TPSA) is 45.5 Å². The van der Waals surface area contributed by atoms with Gasteiger partial charge in [-0.2, -0.15) is 11.8 Å². The van der Waals surface area contributed by atoms with Gasteiger partial charge in [0.1, 0.15) is 5.82 Å². The largest absolute Gasteiger partial charge is 0.365 e. The van der Waals surface area contributed by atoms with E-state index in [1.165, 1.54) is 25.3 Å². The number of thioether (sulfide) groups is 1. The van der Waals surface area contributed by atoms with Crippen molar-refractivity contribution >= 4 is 23.2 Å². The van der Waals surface area contributed by atoms with Crippen molar-refractivity contribution < 1.29 is 0 Å². The van der Waals surface area contributed by atoms with Crippen LogP contribution in [0.5, 0.6) is 0 Å². The molecule has 3 rings (SSSR count). The molecule has 3 heterocycles. The monoisotopic (exact) mass is 319 g/mol. The SMILES string of the molecule is Cc1cn2nc(N[C@H]3CCN(CCSC(C)C)C3)ccc2n1. The smallest absolute Gasteiger partial charge is 0.153 e. The Bertz CT molecular complexity index is 624. The highest BCUT2D eigenvalue weighted by molar-refractivity contribution is 7.99. The highest BCUT2D eigenvalue weighted by atomic mass is 32.2. The second-order valence-corrected chi connectivity index (χ2v) is 7.94. The van der Waals surface area contributed by atoms with Crippen molar-refractivity contribution in [3.63, 3.8) is 0 Å². The van der Waals surface area contributed by atoms with Gasteiger partial charge in [0.15, 0.2) is 5.65 Å². The van der Waals surface area contributed by atoms with E-state index in [1.54, 1.807) is 0 Å². The molecule has 2 aromatic heterocycles. The zero-order valence-corrected chi connectivity index (χ0v) is 14.4. The summed E-state index contributed by atoms with van der Waals surface area (Å²) in [5.41, 5.74) is 1.90. The first-order chi connectivity index (χ1) is 10.6. The number of aryl methyl sites for hydroxylation is 1. The van der Waals surface area contributed by atoms with Gasteiger partial charge >= 0.3 is 0 Å². The Balaban J connectivity index is 1.52. The van der Waals surface area contributed by atoms with Gasteiger partial charge < -0.3 is 10.2 Å². The van der Waals surface area contributed by atoms with Gasteiger partial charge in [0.2, 0.25) is 0 Å². The lowest BCUT2D eigenvalue weighted by Crippen LogP contribution is -2.28. The minimum Gasteiger partial charge on any atom is -0.365 e. The summed E-state index contributed by atoms with van der Waals surface area (Å²) in [5.74, 6) is 2.16. The lowest BCUT2D eigenvalue weighted by Gasteiger charge is -2.17. The molecule has 0 aliphatic carbocycles. The Labute approximate surface area is 136 Å². The molecular weight excluding hydrogens is 294 g/mol. The van der Waals surface area contributed by atoms with Crippen LogP contribution >= 0.6 is 11.8 Å². The molecule has 22 heavy (non-hydrogen) atoms. The third kappa shape index (κ3) is 3.93. The third-order valence-corrected chi connectivity index (χ3v) is 5.01. The van der Waals surface area contributed by atoms with Gasteiger partial charge in [-0.3, -0.25) is 0 Å². The average Bonchev–Trinajstić information content (AvgIpc) is 3.03. The maximum absolute atomic E-state index is 4.59. The molecule has 1 aliphatic heterocycles. The van der Waals surface area contributed by atoms with Crippen LogP contribution in [0.4, 0.5) is 5.82 Å². The standard InChI is InChI=1S/C16H25N5S/c1-12(2)22-9-8-20-7-6-14(11-20)18-15-4-5-16-17-13(3)10-21(16)19-15/h4-5,10,12,14H,6-9,11H2,1-3H3,(H,18,19)/t14-/m0/s1. The molecule has 2 aromatic rings. The predicted octanol–water partition coefficient (Wildman–Crippen LogP) is 2.67. The summed E-state index contributed by atoms with van der Waals surface area (Å²) >= 11 is 2.04. The molecule has 1 N–H and O–H groups in total. The van der Waals surface area contributed by atoms with Crippen molar-refractivity contribution in [1.82, 2.24) is 19.5 Å². The van der Waals surface area contributed by atoms with Gasteiger partial charge in [-0.1, -0.05) is 13.8 Å². The van der Waals surface area contributed by atoms with E-state index in [-0.39, 0.29) is 0 Å². The normalized spacial score (nSPS) is 19.4. The summed E-state index contributed by atoms with van der Waals surface area (Å²) < 4.78 is 1.85. The van der Waals surface area contributed by atoms with Crippen LogP contribution in [-0.2, 0) is 0 Å². The lowest BCUT2D eigenvalue weighted by atomic mass is 10.2. The van der Waals surface area contributed by atoms with Crippen LogP contribution in [0.25, 0.3) is 5.65 Å². The highest BCUT2D eigenvalue weighted by Gasteiger charge is 2.22. The number of fused-ring (bicyclic) bond motifs is 1. The average molecular weight is 319 g/mol. The molecule has 0 aromatic carbocycles. The van der Waals surface area contributed by atoms with Crippen molar-refractivity contribution in [2.45, 2.75) is 38.5 Å². The van der Waals surface area contributed by atoms with Crippen LogP contribution in [0.15, 0.2) is 18.3 Å². The zero-order valence-electron chi connectivity index (χ0n) is 13.6. The molecule has 0 radical (unpaired) electrons. The summed E-state index contributed by atoms with van der Waals surface area (Å²) in [4.78, 5) is 6.96. The summed E-state index contributed by atoms with van der Waals surface area (Å²) in [6.45, 7) is 10.0. The van der Waals surface area contributed by atoms with E-state index < -0.39 is 0 Å². The summed E-state index contributed by atoms with van der Waals surface area (Å²) in [6.07, 6.45) is 3.15. The molecule has 0 spiro atoms. The van der Waals surface area contributed by atoms with Crippen molar-refractivity contribution in [3.05, 3.63) is 24.0 Å². The van der Waals surface area contributed by atoms with Crippen molar-refractivity contribution in [2.24, 2.45) is 0 Å². The van der Waals surface area contributed by atoms with Crippen LogP contribution in [-0.4, -0.2) is 56.2 Å². The summed E-state index contributed by atoms with van der Waals surface area (Å²) in [5, 5.41) is 8.88. The van der Waals surface area contributed by atoms with Crippen LogP contribution in [0.3, 0.4) is 0 Å². The van der Waals surface area contributed by atoms with Crippen LogP contribution in [0, 0.1) is 6.92 Å². The Morgan fingerprint density at radius 3 is 3.09 bits per heavy atom. The number of imidazole rings is 1. The molecule has 1 fully saturated rings. The predicted molar refractivity (Wildman–Crippen MR) is 93.8 cm³/mol. The molecule has 1 saturated heterocycles. The van der Waals surface area contributed by atoms with Crippen LogP contribution < -0.4 is 5.32 Å². The van der Waals surface area contributed by atoms with Gasteiger partial charge in [0.25, 0.3) is 0 Å². The minimum absolute atomic E-state index is 0.499. The third-order valence-electron chi connectivity index (χ3n) is 3.92. The number of rotatable bonds is 6. The van der Waals surface area contributed by atoms with Gasteiger partial charge in [-0.15, -0.1) is 5.10 Å². The van der Waals surface area contributed by atoms with Crippen molar-refractivity contribution in [3.8, 4) is 0 Å². The van der Waals surface area contributed by atoms with Gasteiger partial charge in [-0.25, -0.2) is 9.50 Å². The molecule has 6 heteroatoms. The molecule has 0 saturated carbocycles. The van der Waals surface area contributed by atoms with Crippen LogP contribution in [0.1, 0.15) is 26.0 Å². The fourth-order valence-electron chi connectivity index (χ4n) is 2.86. The summed E-state index contributed by atoms with van der Waals surface area (Å²) in [7, 11) is 0. The minimum atomic E-state index is 0.499. The number of aromatic nitrogens is 3. The van der Waals surface area contributed by atoms with Crippen molar-refractivity contribution in [2.75, 3.05) is 30.7 Å². The maximum Gasteiger partial charge on any atom is 0.153 e. The maximum atomic E-state index is 4.59. The van der Waals surface area contributed by atoms with E-state index in [9.17, 15) is 0 Å². The Morgan fingerprint density at radius 2 is 2.27 bits per heavy atom. The van der Waals surface area contributed by atoms with Gasteiger partial charge in [-0.05, 0) is 30.7 Å². The zero-order chi connectivity index (χ0) is 15.5. The first kappa shape index (κ1) is 15.6. The van der Waals surface area contributed by atoms with Gasteiger partial charge in [0, 0.05) is 31.4 Å². The number of hydrogen-bond acceptors (Lipinski definition) is 5. The first-order valence-electron chi connectivity index (χ1n) is 8.03. The van der Waals surface area contributed by atoms with Crippen LogP contribution in [0.2, 0.25) is 0 Å². The van der Waals surface area contributed by atoms with Gasteiger partial charge in [0.05, 0.1) is 11.9 Å². The van der Waals surface area contributed by atoms with E-state index in [2.05, 4.69) is 34.1 Å². The second kappa shape index (κ2) is 6.87. The number of hydrogen-bond donors (Lipinski definition) is 1. The fraction of sp³-hybridized carbons (Fsp3) is 0.625. The molecule has 0 bridgehead atoms. The molecule has 1 atom stereocenters. The number of nitrogens with zero attached hydrogens (tertiary/aromatic N) is 4. The Kier molecular flexibility index (Phi) is 4.88.